The number of hydrogen-bond donors (Lipinski definition) is 1. The van der Waals surface area contributed by atoms with E-state index in [2.05, 4.69) is 4.74 Å². The fraction of sp³-hybridized carbons (Fsp3) is 0.500. The van der Waals surface area contributed by atoms with Gasteiger partial charge in [-0.25, -0.2) is 0 Å². The van der Waals surface area contributed by atoms with Crippen LogP contribution in [-0.2, 0) is 19.2 Å². The first-order valence-electron chi connectivity index (χ1n) is 11.5. The minimum Gasteiger partial charge on any atom is -0.508 e. The predicted octanol–water partition coefficient (Wildman–Crippen LogP) is 3.30. The van der Waals surface area contributed by atoms with E-state index in [-0.39, 0.29) is 30.9 Å². The Hall–Kier alpha value is -2.79. The molecule has 0 aromatic heterocycles. The van der Waals surface area contributed by atoms with E-state index < -0.39 is 69.0 Å². The quantitative estimate of drug-likeness (QED) is 0.345. The number of halogens is 5. The van der Waals surface area contributed by atoms with Crippen LogP contribution in [0, 0.1) is 17.8 Å². The highest BCUT2D eigenvalue weighted by Gasteiger charge is 2.76. The summed E-state index contributed by atoms with van der Waals surface area (Å²) in [6.45, 7) is 1.79. The van der Waals surface area contributed by atoms with Gasteiger partial charge in [-0.05, 0) is 43.9 Å². The zero-order valence-corrected chi connectivity index (χ0v) is 21.0. The number of aromatic hydroxyl groups is 1. The highest BCUT2D eigenvalue weighted by atomic mass is 35.5. The maximum absolute atomic E-state index is 13.4. The SMILES string of the molecule is CCN1C(=O)C2CC=C3C(CC4(Cl)C(=O)N(C)C(=O)C4(Cl)C3c3cc(OC(F)(F)F)ccc3O)C2C1=O. The lowest BCUT2D eigenvalue weighted by Gasteiger charge is -2.50. The molecule has 8 nitrogen and oxygen atoms in total. The first kappa shape index (κ1) is 25.8. The summed E-state index contributed by atoms with van der Waals surface area (Å²) in [7, 11) is 1.18. The maximum Gasteiger partial charge on any atom is 0.573 e. The third-order valence-electron chi connectivity index (χ3n) is 7.97. The Morgan fingerprint density at radius 3 is 2.41 bits per heavy atom. The second kappa shape index (κ2) is 8.10. The van der Waals surface area contributed by atoms with Crippen molar-refractivity contribution in [3.05, 3.63) is 35.4 Å². The smallest absolute Gasteiger partial charge is 0.508 e. The number of ether oxygens (including phenoxy) is 1. The molecule has 2 aliphatic carbocycles. The van der Waals surface area contributed by atoms with E-state index in [0.29, 0.717) is 5.57 Å². The fourth-order valence-electron chi connectivity index (χ4n) is 6.43. The van der Waals surface area contributed by atoms with Crippen molar-refractivity contribution in [3.8, 4) is 11.5 Å². The van der Waals surface area contributed by atoms with Crippen LogP contribution in [-0.4, -0.2) is 68.2 Å². The number of benzene rings is 1. The van der Waals surface area contributed by atoms with E-state index in [1.165, 1.54) is 7.05 Å². The molecule has 4 aliphatic rings. The minimum atomic E-state index is -5.05. The minimum absolute atomic E-state index is 0.105. The van der Waals surface area contributed by atoms with Crippen LogP contribution in [0.15, 0.2) is 29.8 Å². The van der Waals surface area contributed by atoms with Gasteiger partial charge in [0.1, 0.15) is 11.5 Å². The molecule has 2 heterocycles. The van der Waals surface area contributed by atoms with Crippen molar-refractivity contribution in [2.75, 3.05) is 13.6 Å². The van der Waals surface area contributed by atoms with Crippen molar-refractivity contribution in [2.45, 2.75) is 41.8 Å². The molecule has 198 valence electrons. The molecule has 2 aliphatic heterocycles. The zero-order chi connectivity index (χ0) is 27.2. The van der Waals surface area contributed by atoms with Crippen LogP contribution in [0.3, 0.4) is 0 Å². The Balaban J connectivity index is 1.74. The molecular formula is C24H21Cl2F3N2O6. The van der Waals surface area contributed by atoms with Gasteiger partial charge in [-0.3, -0.25) is 29.0 Å². The summed E-state index contributed by atoms with van der Waals surface area (Å²) in [5, 5.41) is 10.8. The van der Waals surface area contributed by atoms with Gasteiger partial charge in [0.15, 0.2) is 9.75 Å². The molecule has 1 N–H and O–H groups in total. The average molecular weight is 561 g/mol. The maximum atomic E-state index is 13.4. The molecule has 4 amide bonds. The van der Waals surface area contributed by atoms with Crippen LogP contribution in [0.4, 0.5) is 13.2 Å². The predicted molar refractivity (Wildman–Crippen MR) is 123 cm³/mol. The number of hydrogen-bond acceptors (Lipinski definition) is 6. The van der Waals surface area contributed by atoms with Crippen LogP contribution >= 0.6 is 23.2 Å². The summed E-state index contributed by atoms with van der Waals surface area (Å²) in [5.41, 5.74) is 0.124. The number of likely N-dealkylation sites (tertiary alicyclic amines) is 2. The molecule has 1 aromatic rings. The molecule has 5 rings (SSSR count). The van der Waals surface area contributed by atoms with Gasteiger partial charge in [-0.2, -0.15) is 0 Å². The summed E-state index contributed by atoms with van der Waals surface area (Å²) in [4.78, 5) is 50.5. The Kier molecular flexibility index (Phi) is 5.66. The number of carbonyl (C=O) groups is 4. The number of imide groups is 2. The van der Waals surface area contributed by atoms with E-state index in [4.69, 9.17) is 23.2 Å². The number of nitrogens with zero attached hydrogens (tertiary/aromatic N) is 2. The van der Waals surface area contributed by atoms with E-state index in [1.807, 2.05) is 0 Å². The second-order valence-electron chi connectivity index (χ2n) is 9.69. The lowest BCUT2D eigenvalue weighted by Crippen LogP contribution is -2.60. The topological polar surface area (TPSA) is 104 Å². The third kappa shape index (κ3) is 3.35. The number of allylic oxidation sites excluding steroid dienone is 2. The fourth-order valence-corrected chi connectivity index (χ4v) is 7.44. The van der Waals surface area contributed by atoms with Gasteiger partial charge in [-0.15, -0.1) is 36.4 Å². The summed E-state index contributed by atoms with van der Waals surface area (Å²) in [6, 6.07) is 2.73. The van der Waals surface area contributed by atoms with Gasteiger partial charge >= 0.3 is 6.36 Å². The Bertz CT molecular complexity index is 1290. The van der Waals surface area contributed by atoms with Crippen LogP contribution in [0.5, 0.6) is 11.5 Å². The number of phenols is 1. The van der Waals surface area contributed by atoms with Gasteiger partial charge in [0.05, 0.1) is 11.8 Å². The first-order valence-corrected chi connectivity index (χ1v) is 12.3. The van der Waals surface area contributed by atoms with Crippen molar-refractivity contribution in [1.29, 1.82) is 0 Å². The van der Waals surface area contributed by atoms with Crippen molar-refractivity contribution in [2.24, 2.45) is 17.8 Å². The number of fused-ring (bicyclic) bond motifs is 4. The summed E-state index contributed by atoms with van der Waals surface area (Å²) >= 11 is 13.9. The third-order valence-corrected chi connectivity index (χ3v) is 9.38. The van der Waals surface area contributed by atoms with Crippen molar-refractivity contribution in [3.63, 3.8) is 0 Å². The van der Waals surface area contributed by atoms with Crippen molar-refractivity contribution in [1.82, 2.24) is 9.80 Å². The normalized spacial score (nSPS) is 35.4. The van der Waals surface area contributed by atoms with Gasteiger partial charge in [0.25, 0.3) is 11.8 Å². The zero-order valence-electron chi connectivity index (χ0n) is 19.5. The molecule has 37 heavy (non-hydrogen) atoms. The molecule has 3 fully saturated rings. The lowest BCUT2D eigenvalue weighted by atomic mass is 9.56. The van der Waals surface area contributed by atoms with Crippen LogP contribution < -0.4 is 4.74 Å². The van der Waals surface area contributed by atoms with Gasteiger partial charge in [0, 0.05) is 25.1 Å². The molecule has 6 atom stereocenters. The standard InChI is InChI=1S/C24H21Cl2F3N2O6/c1-3-31-18(33)12-6-5-11-14(16(12)19(31)34)9-22(25)20(35)30(2)21(36)23(22,26)17(11)13-8-10(4-7-15(13)32)37-24(27,28)29/h4-5,7-8,12,14,16-17,32H,3,6,9H2,1-2H3. The molecule has 2 saturated heterocycles. The van der Waals surface area contributed by atoms with Crippen LogP contribution in [0.25, 0.3) is 0 Å². The number of alkyl halides is 5. The molecule has 13 heteroatoms. The van der Waals surface area contributed by atoms with Gasteiger partial charge in [-0.1, -0.05) is 11.6 Å². The molecule has 6 unspecified atom stereocenters. The second-order valence-corrected chi connectivity index (χ2v) is 10.9. The largest absolute Gasteiger partial charge is 0.573 e. The molecule has 0 spiro atoms. The lowest BCUT2D eigenvalue weighted by molar-refractivity contribution is -0.274. The Labute approximate surface area is 218 Å². The Morgan fingerprint density at radius 2 is 1.78 bits per heavy atom. The van der Waals surface area contributed by atoms with E-state index in [1.54, 1.807) is 13.0 Å². The van der Waals surface area contributed by atoms with Crippen molar-refractivity contribution < 1.29 is 42.2 Å². The Morgan fingerprint density at radius 1 is 1.11 bits per heavy atom. The average Bonchev–Trinajstić information content (AvgIpc) is 3.14. The van der Waals surface area contributed by atoms with E-state index >= 15 is 0 Å². The molecular weight excluding hydrogens is 540 g/mol. The first-order chi connectivity index (χ1) is 17.2. The number of phenolic OH excluding ortho intramolecular Hbond substituents is 1. The summed E-state index contributed by atoms with van der Waals surface area (Å²) in [6.07, 6.45) is -3.58. The molecule has 1 aromatic carbocycles. The molecule has 0 bridgehead atoms. The molecule has 1 saturated carbocycles. The molecule has 0 radical (unpaired) electrons. The number of rotatable bonds is 3. The summed E-state index contributed by atoms with van der Waals surface area (Å²) in [5.74, 6) is -7.63. The number of amides is 4. The summed E-state index contributed by atoms with van der Waals surface area (Å²) < 4.78 is 42.9. The van der Waals surface area contributed by atoms with E-state index in [0.717, 1.165) is 28.0 Å². The van der Waals surface area contributed by atoms with Gasteiger partial charge < -0.3 is 9.84 Å². The van der Waals surface area contributed by atoms with Gasteiger partial charge in [0.2, 0.25) is 11.8 Å². The van der Waals surface area contributed by atoms with Crippen LogP contribution in [0.2, 0.25) is 0 Å². The highest BCUT2D eigenvalue weighted by molar-refractivity contribution is 6.53. The van der Waals surface area contributed by atoms with Crippen molar-refractivity contribution >= 4 is 46.8 Å². The number of carbonyl (C=O) groups excluding carboxylic acids is 4. The monoisotopic (exact) mass is 560 g/mol. The van der Waals surface area contributed by atoms with Crippen LogP contribution in [0.1, 0.15) is 31.2 Å². The highest BCUT2D eigenvalue weighted by Crippen LogP contribution is 2.66. The van der Waals surface area contributed by atoms with E-state index in [9.17, 15) is 37.5 Å².